The van der Waals surface area contributed by atoms with Gasteiger partial charge in [-0.1, -0.05) is 216 Å². The molecule has 0 amide bonds. The predicted molar refractivity (Wildman–Crippen MR) is 402 cm³/mol. The molecule has 0 radical (unpaired) electrons. The van der Waals surface area contributed by atoms with E-state index in [0.717, 1.165) is 74.2 Å². The molecule has 0 spiro atoms. The minimum atomic E-state index is -1.36. The van der Waals surface area contributed by atoms with Crippen molar-refractivity contribution in [2.75, 3.05) is 74.0 Å². The number of benzene rings is 6. The third-order valence-corrected chi connectivity index (χ3v) is 18.0. The Labute approximate surface area is 578 Å². The Hall–Kier alpha value is -9.06. The third-order valence-electron chi connectivity index (χ3n) is 13.3. The average molecular weight is 1340 g/mol. The molecule has 1 unspecified atom stereocenters. The maximum atomic E-state index is 11.0. The standard InChI is InChI=1S/2C12H10O.C11H24O2Si.C10H20O.C9H8O2.C9H10O.C7H12O3.C6H13NO.C4H8O2/c1-2-13-12-9-5-7-10-6-3-4-8-11(10)12;1-2-13-12-8-7-10-5-3-4-6-11(10)9-12;1-5-12-10-9-11-13-14(6-2,7-3)8-4;1-4-7-8-10(5-2)9-11-6-3;1-2-11-9(10)8-6-4-3-5-7-8;1-3-10-9-6-4-8(2)5-7-9;1-3-10-6-4-5-7(8)9-2;1-4-8-6-5-7(2)3;1-2-6-4-3-5/h2*2-9H,1H2;5H,1,6-11H2,2-4H3;6,10H,3-5,7-9H2,1-2H3;2-7H,1H2;3-7H,1H2,2H3;3H,1,4-6H2,2H3;4H,1,5-6H2,2-3H3;2,5H,1,3-4H2. The van der Waals surface area contributed by atoms with Crippen molar-refractivity contribution in [1.82, 2.24) is 4.90 Å². The number of nitrogens with zero attached hydrogens (tertiary/aromatic N) is 1. The Balaban J connectivity index is -0.00000102. The van der Waals surface area contributed by atoms with Crippen molar-refractivity contribution in [1.29, 1.82) is 0 Å². The van der Waals surface area contributed by atoms with Gasteiger partial charge in [0, 0.05) is 31.4 Å². The molecule has 1 atom stereocenters. The molecule has 0 saturated heterocycles. The summed E-state index contributed by atoms with van der Waals surface area (Å²) in [4.78, 5) is 23.5. The van der Waals surface area contributed by atoms with Crippen molar-refractivity contribution in [3.63, 3.8) is 0 Å². The molecule has 0 aromatic heterocycles. The number of hydrogen-bond donors (Lipinski definition) is 1. The molecular weight excluding hydrogens is 1230 g/mol. The van der Waals surface area contributed by atoms with Crippen LogP contribution in [0, 0.1) is 12.8 Å². The minimum Gasteiger partial charge on any atom is -0.502 e. The van der Waals surface area contributed by atoms with E-state index in [-0.39, 0.29) is 18.5 Å². The van der Waals surface area contributed by atoms with Gasteiger partial charge in [0.25, 0.3) is 0 Å². The van der Waals surface area contributed by atoms with Crippen LogP contribution in [0.4, 0.5) is 0 Å². The average Bonchev–Trinajstić information content (AvgIpc) is 1.01. The van der Waals surface area contributed by atoms with Crippen LogP contribution in [0.3, 0.4) is 0 Å². The summed E-state index contributed by atoms with van der Waals surface area (Å²) < 4.78 is 54.8. The van der Waals surface area contributed by atoms with Crippen molar-refractivity contribution in [3.8, 4) is 17.2 Å². The maximum Gasteiger partial charge on any atom is 0.342 e. The highest BCUT2D eigenvalue weighted by Crippen LogP contribution is 2.26. The molecule has 16 heteroatoms. The first-order valence-electron chi connectivity index (χ1n) is 32.4. The van der Waals surface area contributed by atoms with Crippen molar-refractivity contribution in [2.24, 2.45) is 5.92 Å². The molecule has 6 aromatic rings. The highest BCUT2D eigenvalue weighted by molar-refractivity contribution is 6.73. The van der Waals surface area contributed by atoms with Gasteiger partial charge in [-0.2, -0.15) is 0 Å². The molecule has 528 valence electrons. The number of unbranched alkanes of at least 4 members (excludes halogenated alkanes) is 1. The van der Waals surface area contributed by atoms with Gasteiger partial charge in [-0.15, -0.1) is 0 Å². The summed E-state index contributed by atoms with van der Waals surface area (Å²) in [5, 5.41) is 12.7. The number of rotatable bonds is 36. The Kier molecular flexibility index (Phi) is 62.6. The molecule has 0 heterocycles. The lowest BCUT2D eigenvalue weighted by Gasteiger charge is -2.27. The van der Waals surface area contributed by atoms with E-state index in [1.165, 1.54) is 123 Å². The van der Waals surface area contributed by atoms with E-state index in [2.05, 4.69) is 137 Å². The van der Waals surface area contributed by atoms with Crippen molar-refractivity contribution in [2.45, 2.75) is 105 Å². The molecule has 0 fully saturated rings. The summed E-state index contributed by atoms with van der Waals surface area (Å²) in [5.74, 6) is 2.67. The zero-order valence-corrected chi connectivity index (χ0v) is 60.3. The normalized spacial score (nSPS) is 9.82. The van der Waals surface area contributed by atoms with Crippen molar-refractivity contribution >= 4 is 41.8 Å². The van der Waals surface area contributed by atoms with Crippen LogP contribution >= 0.6 is 0 Å². The highest BCUT2D eigenvalue weighted by atomic mass is 28.4. The number of ether oxygens (including phenoxy) is 10. The summed E-state index contributed by atoms with van der Waals surface area (Å²) in [6.07, 6.45) is 19.7. The number of carbonyl (C=O) groups excluding carboxylic acids is 2. The van der Waals surface area contributed by atoms with Crippen molar-refractivity contribution in [3.05, 3.63) is 266 Å². The van der Waals surface area contributed by atoms with E-state index < -0.39 is 8.32 Å². The molecule has 0 bridgehead atoms. The zero-order chi connectivity index (χ0) is 72.1. The number of methoxy groups -OCH3 is 1. The fraction of sp³-hybridized carbons (Fsp3) is 0.350. The number of esters is 2. The lowest BCUT2D eigenvalue weighted by atomic mass is 10.0. The third kappa shape index (κ3) is 50.4. The monoisotopic (exact) mass is 1340 g/mol. The molecule has 0 saturated carbocycles. The van der Waals surface area contributed by atoms with Crippen LogP contribution in [0.5, 0.6) is 17.2 Å². The topological polar surface area (TPSA) is 159 Å². The summed E-state index contributed by atoms with van der Waals surface area (Å²) in [6, 6.07) is 48.5. The number of fused-ring (bicyclic) bond motifs is 2. The smallest absolute Gasteiger partial charge is 0.342 e. The maximum absolute atomic E-state index is 11.0. The van der Waals surface area contributed by atoms with Crippen LogP contribution in [0.2, 0.25) is 18.1 Å². The van der Waals surface area contributed by atoms with Gasteiger partial charge < -0.3 is 61.8 Å². The van der Waals surface area contributed by atoms with Crippen LogP contribution in [0.1, 0.15) is 95.5 Å². The molecule has 0 aliphatic heterocycles. The molecule has 6 rings (SSSR count). The van der Waals surface area contributed by atoms with E-state index >= 15 is 0 Å². The molecule has 15 nitrogen and oxygen atoms in total. The SMILES string of the molecule is C=COC(=O)c1ccccc1.C=COCC(CC)CCCC.C=COCCCC(=O)OC.C=COCCCO[Si](CC)(CC)CC.C=COCCN(C)C.C=COCCO.C=COc1ccc(C)cc1.C=COc1ccc2ccccc2c1.C=COc1cccc2ccccc12. The van der Waals surface area contributed by atoms with Gasteiger partial charge in [-0.05, 0) is 117 Å². The zero-order valence-electron chi connectivity index (χ0n) is 59.3. The van der Waals surface area contributed by atoms with Crippen LogP contribution in [0.25, 0.3) is 21.5 Å². The summed E-state index contributed by atoms with van der Waals surface area (Å²) >= 11 is 0. The van der Waals surface area contributed by atoms with E-state index in [9.17, 15) is 9.59 Å². The molecule has 96 heavy (non-hydrogen) atoms. The summed E-state index contributed by atoms with van der Waals surface area (Å²) in [6.45, 7) is 49.1. The van der Waals surface area contributed by atoms with Gasteiger partial charge in [0.1, 0.15) is 23.9 Å². The number of aliphatic hydroxyl groups is 1. The second-order valence-corrected chi connectivity index (χ2v) is 25.1. The first kappa shape index (κ1) is 91.1. The Morgan fingerprint density at radius 2 is 1.04 bits per heavy atom. The molecule has 0 aliphatic carbocycles. The molecule has 1 N–H and O–H groups in total. The van der Waals surface area contributed by atoms with Crippen LogP contribution in [0.15, 0.2) is 255 Å². The van der Waals surface area contributed by atoms with Crippen LogP contribution < -0.4 is 14.2 Å². The molecule has 0 aliphatic rings. The van der Waals surface area contributed by atoms with Gasteiger partial charge in [-0.3, -0.25) is 4.79 Å². The summed E-state index contributed by atoms with van der Waals surface area (Å²) in [7, 11) is 4.03. The second-order valence-electron chi connectivity index (χ2n) is 20.3. The number of aryl methyl sites for hydroxylation is 1. The van der Waals surface area contributed by atoms with Gasteiger partial charge >= 0.3 is 11.9 Å². The first-order valence-corrected chi connectivity index (χ1v) is 34.9. The van der Waals surface area contributed by atoms with Gasteiger partial charge in [-0.25, -0.2) is 4.79 Å². The number of aliphatic hydroxyl groups excluding tert-OH is 1. The largest absolute Gasteiger partial charge is 0.502 e. The number of carbonyl (C=O) groups is 2. The van der Waals surface area contributed by atoms with Gasteiger partial charge in [0.2, 0.25) is 0 Å². The fourth-order valence-corrected chi connectivity index (χ4v) is 10.5. The van der Waals surface area contributed by atoms with Crippen molar-refractivity contribution < 1.29 is 66.5 Å². The van der Waals surface area contributed by atoms with E-state index in [1.54, 1.807) is 24.3 Å². The number of hydrogen-bond acceptors (Lipinski definition) is 15. The second kappa shape index (κ2) is 66.0. The molecular formula is C80H115NO14Si. The first-order chi connectivity index (χ1) is 46.6. The quantitative estimate of drug-likeness (QED) is 0.0171. The van der Waals surface area contributed by atoms with E-state index in [4.69, 9.17) is 42.7 Å². The number of likely N-dealkylation sites (N-methyl/N-ethyl adjacent to an activating group) is 1. The lowest BCUT2D eigenvalue weighted by Crippen LogP contribution is -2.36. The summed E-state index contributed by atoms with van der Waals surface area (Å²) in [5.41, 5.74) is 1.77. The van der Waals surface area contributed by atoms with Crippen LogP contribution in [-0.2, 0) is 42.4 Å². The van der Waals surface area contributed by atoms with E-state index in [0.29, 0.717) is 31.6 Å². The van der Waals surface area contributed by atoms with E-state index in [1.807, 2.05) is 112 Å². The minimum absolute atomic E-state index is 0.0615. The Morgan fingerprint density at radius 1 is 0.521 bits per heavy atom. The van der Waals surface area contributed by atoms with Gasteiger partial charge in [0.05, 0.1) is 102 Å². The Bertz CT molecular complexity index is 2910. The van der Waals surface area contributed by atoms with Gasteiger partial charge in [0.15, 0.2) is 8.32 Å². The predicted octanol–water partition coefficient (Wildman–Crippen LogP) is 20.1. The lowest BCUT2D eigenvalue weighted by molar-refractivity contribution is -0.140. The fourth-order valence-electron chi connectivity index (χ4n) is 7.77. The highest BCUT2D eigenvalue weighted by Gasteiger charge is 2.28. The van der Waals surface area contributed by atoms with Crippen LogP contribution in [-0.4, -0.2) is 104 Å². The molecule has 6 aromatic carbocycles. The Morgan fingerprint density at radius 3 is 1.56 bits per heavy atom.